The average molecular weight is 527 g/mol. The Balaban J connectivity index is 0.000000192. The van der Waals surface area contributed by atoms with E-state index in [0.717, 1.165) is 23.1 Å². The van der Waals surface area contributed by atoms with Gasteiger partial charge >= 0.3 is 0 Å². The predicted molar refractivity (Wildman–Crippen MR) is 151 cm³/mol. The van der Waals surface area contributed by atoms with E-state index in [2.05, 4.69) is 96.3 Å². The topological polar surface area (TPSA) is 21.6 Å². The molecule has 6 rings (SSSR count). The van der Waals surface area contributed by atoms with Crippen LogP contribution in [0.5, 0.6) is 5.75 Å². The van der Waals surface area contributed by atoms with E-state index in [4.69, 9.17) is 4.74 Å². The van der Waals surface area contributed by atoms with Crippen molar-refractivity contribution in [2.45, 2.75) is 59.0 Å². The number of halogens is 1. The first-order valence-corrected chi connectivity index (χ1v) is 13.4. The molecular formula is C32H32BrNO. The van der Waals surface area contributed by atoms with Crippen molar-refractivity contribution in [2.75, 3.05) is 0 Å². The third-order valence-corrected chi connectivity index (χ3v) is 7.61. The lowest BCUT2D eigenvalue weighted by Crippen LogP contribution is -2.23. The van der Waals surface area contributed by atoms with Gasteiger partial charge in [0.25, 0.3) is 0 Å². The Kier molecular flexibility index (Phi) is 7.06. The van der Waals surface area contributed by atoms with E-state index in [1.165, 1.54) is 56.8 Å². The second-order valence-corrected chi connectivity index (χ2v) is 10.6. The maximum atomic E-state index is 6.11. The van der Waals surface area contributed by atoms with Crippen molar-refractivity contribution in [3.63, 3.8) is 0 Å². The third-order valence-electron chi connectivity index (χ3n) is 6.98. The van der Waals surface area contributed by atoms with E-state index < -0.39 is 0 Å². The fourth-order valence-corrected chi connectivity index (χ4v) is 5.76. The molecule has 2 nitrogen and oxygen atoms in total. The molecule has 0 bridgehead atoms. The summed E-state index contributed by atoms with van der Waals surface area (Å²) in [4.78, 5) is 4.08. The molecule has 0 saturated heterocycles. The van der Waals surface area contributed by atoms with E-state index in [9.17, 15) is 0 Å². The molecule has 35 heavy (non-hydrogen) atoms. The molecule has 3 aliphatic rings. The molecule has 2 aliphatic carbocycles. The summed E-state index contributed by atoms with van der Waals surface area (Å²) >= 11 is 3.66. The number of fused-ring (bicyclic) bond motifs is 5. The molecule has 0 spiro atoms. The second kappa shape index (κ2) is 10.4. The van der Waals surface area contributed by atoms with Gasteiger partial charge in [-0.3, -0.25) is 4.99 Å². The average Bonchev–Trinajstić information content (AvgIpc) is 3.11. The van der Waals surface area contributed by atoms with Crippen molar-refractivity contribution in [2.24, 2.45) is 4.99 Å². The first kappa shape index (κ1) is 23.8. The second-order valence-electron chi connectivity index (χ2n) is 9.71. The zero-order chi connectivity index (χ0) is 24.4. The number of benzene rings is 3. The molecule has 178 valence electrons. The Hall–Kier alpha value is -2.91. The summed E-state index contributed by atoms with van der Waals surface area (Å²) < 4.78 is 7.14. The summed E-state index contributed by atoms with van der Waals surface area (Å²) in [6.07, 6.45) is 14.0. The van der Waals surface area contributed by atoms with E-state index in [1.807, 2.05) is 18.5 Å². The summed E-state index contributed by atoms with van der Waals surface area (Å²) in [7, 11) is 0. The van der Waals surface area contributed by atoms with Crippen LogP contribution in [0.1, 0.15) is 55.9 Å². The van der Waals surface area contributed by atoms with Gasteiger partial charge in [0, 0.05) is 24.1 Å². The van der Waals surface area contributed by atoms with Crippen molar-refractivity contribution in [3.8, 4) is 5.75 Å². The highest BCUT2D eigenvalue weighted by Gasteiger charge is 2.16. The van der Waals surface area contributed by atoms with Gasteiger partial charge in [0.05, 0.1) is 10.6 Å². The summed E-state index contributed by atoms with van der Waals surface area (Å²) in [5.41, 5.74) is 7.28. The van der Waals surface area contributed by atoms with E-state index >= 15 is 0 Å². The summed E-state index contributed by atoms with van der Waals surface area (Å²) in [5, 5.41) is 5.43. The molecule has 0 N–H and O–H groups in total. The lowest BCUT2D eigenvalue weighted by molar-refractivity contribution is 0.238. The van der Waals surface area contributed by atoms with Gasteiger partial charge in [0.2, 0.25) is 0 Å². The van der Waals surface area contributed by atoms with E-state index in [1.54, 1.807) is 11.1 Å². The number of aliphatic imine (C=N–C) groups is 1. The Morgan fingerprint density at radius 1 is 0.886 bits per heavy atom. The zero-order valence-electron chi connectivity index (χ0n) is 20.8. The minimum Gasteiger partial charge on any atom is -0.489 e. The van der Waals surface area contributed by atoms with Crippen molar-refractivity contribution in [3.05, 3.63) is 102 Å². The van der Waals surface area contributed by atoms with Crippen LogP contribution in [-0.4, -0.2) is 12.3 Å². The normalized spacial score (nSPS) is 15.1. The summed E-state index contributed by atoms with van der Waals surface area (Å²) in [5.74, 6) is 0.980. The Morgan fingerprint density at radius 2 is 1.69 bits per heavy atom. The van der Waals surface area contributed by atoms with Crippen LogP contribution in [0.25, 0.3) is 17.7 Å². The van der Waals surface area contributed by atoms with Crippen LogP contribution in [0.2, 0.25) is 0 Å². The van der Waals surface area contributed by atoms with Crippen LogP contribution in [0.15, 0.2) is 64.2 Å². The van der Waals surface area contributed by atoms with Crippen molar-refractivity contribution in [1.29, 1.82) is 0 Å². The molecule has 0 aromatic heterocycles. The highest BCUT2D eigenvalue weighted by Crippen LogP contribution is 2.25. The van der Waals surface area contributed by atoms with Crippen LogP contribution in [0.3, 0.4) is 0 Å². The van der Waals surface area contributed by atoms with Crippen LogP contribution in [0, 0.1) is 10.4 Å². The molecular weight excluding hydrogens is 494 g/mol. The maximum Gasteiger partial charge on any atom is 0.141 e. The predicted octanol–water partition coefficient (Wildman–Crippen LogP) is 6.65. The Morgan fingerprint density at radius 3 is 2.54 bits per heavy atom. The van der Waals surface area contributed by atoms with Crippen LogP contribution < -0.4 is 15.2 Å². The van der Waals surface area contributed by atoms with E-state index in [-0.39, 0.29) is 6.10 Å². The van der Waals surface area contributed by atoms with Crippen LogP contribution in [-0.2, 0) is 19.3 Å². The third kappa shape index (κ3) is 4.92. The SMILES string of the molecule is C1=Cc2ccccc2CC=N1.CC1=c2ccc3c(c2CCC1)CC=c1c(OC(C)C)c(Br)ccc1=3. The smallest absolute Gasteiger partial charge is 0.141 e. The number of rotatable bonds is 2. The zero-order valence-corrected chi connectivity index (χ0v) is 22.4. The first-order chi connectivity index (χ1) is 17.0. The van der Waals surface area contributed by atoms with Crippen molar-refractivity contribution >= 4 is 39.9 Å². The highest BCUT2D eigenvalue weighted by molar-refractivity contribution is 9.10. The van der Waals surface area contributed by atoms with E-state index in [0.29, 0.717) is 0 Å². The fraction of sp³-hybridized carbons (Fsp3) is 0.281. The molecule has 3 heteroatoms. The van der Waals surface area contributed by atoms with Crippen LogP contribution in [0.4, 0.5) is 0 Å². The van der Waals surface area contributed by atoms with Gasteiger partial charge in [0.15, 0.2) is 0 Å². The minimum atomic E-state index is 0.170. The van der Waals surface area contributed by atoms with Crippen molar-refractivity contribution in [1.82, 2.24) is 0 Å². The number of ether oxygens (including phenoxy) is 1. The molecule has 0 saturated carbocycles. The van der Waals surface area contributed by atoms with Gasteiger partial charge < -0.3 is 4.74 Å². The van der Waals surface area contributed by atoms with Gasteiger partial charge in [-0.25, -0.2) is 0 Å². The standard InChI is InChI=1S/C22H23BrO.C10H9N/c1-13(2)24-22-20-10-9-17-16-6-4-5-14(3)15(16)7-8-18(17)19(20)11-12-21(22)23;1-2-4-10-6-8-11-7-5-9(10)3-1/h7-8,10-13H,4-6,9H2,1-3H3;1-5,7-8H,6H2. The molecule has 1 aliphatic heterocycles. The fourth-order valence-electron chi connectivity index (χ4n) is 5.32. The van der Waals surface area contributed by atoms with Crippen LogP contribution >= 0.6 is 15.9 Å². The van der Waals surface area contributed by atoms with Gasteiger partial charge in [-0.1, -0.05) is 54.1 Å². The highest BCUT2D eigenvalue weighted by atomic mass is 79.9. The molecule has 3 aromatic rings. The minimum absolute atomic E-state index is 0.170. The molecule has 0 atom stereocenters. The Bertz CT molecular complexity index is 1550. The largest absolute Gasteiger partial charge is 0.489 e. The van der Waals surface area contributed by atoms with Gasteiger partial charge in [-0.05, 0) is 112 Å². The molecule has 0 unspecified atom stereocenters. The molecule has 1 heterocycles. The van der Waals surface area contributed by atoms with Crippen molar-refractivity contribution < 1.29 is 4.74 Å². The lowest BCUT2D eigenvalue weighted by Gasteiger charge is -2.20. The summed E-state index contributed by atoms with van der Waals surface area (Å²) in [6, 6.07) is 17.4. The monoisotopic (exact) mass is 525 g/mol. The number of hydrogen-bond acceptors (Lipinski definition) is 2. The maximum absolute atomic E-state index is 6.11. The quantitative estimate of drug-likeness (QED) is 0.367. The van der Waals surface area contributed by atoms with Gasteiger partial charge in [-0.2, -0.15) is 0 Å². The number of hydrogen-bond donors (Lipinski definition) is 0. The number of nitrogens with zero attached hydrogens (tertiary/aromatic N) is 1. The van der Waals surface area contributed by atoms with Gasteiger partial charge in [-0.15, -0.1) is 0 Å². The first-order valence-electron chi connectivity index (χ1n) is 12.6. The molecule has 0 amide bonds. The van der Waals surface area contributed by atoms with Gasteiger partial charge in [0.1, 0.15) is 5.75 Å². The summed E-state index contributed by atoms with van der Waals surface area (Å²) in [6.45, 7) is 6.45. The Labute approximate surface area is 216 Å². The lowest BCUT2D eigenvalue weighted by atomic mass is 9.86. The molecule has 0 fully saturated rings. The molecule has 3 aromatic carbocycles. The molecule has 0 radical (unpaired) electrons.